The van der Waals surface area contributed by atoms with Gasteiger partial charge in [0, 0.05) is 37.3 Å². The van der Waals surface area contributed by atoms with Crippen molar-refractivity contribution < 1.29 is 4.39 Å². The van der Waals surface area contributed by atoms with Crippen LogP contribution in [0.15, 0.2) is 22.7 Å². The molecule has 1 aliphatic heterocycles. The molecule has 0 amide bonds. The standard InChI is InChI=1S/C16H25BrFN3/c1-4-19-15(13-6-5-7-14(17)16(13)18)10-12-11-20(2)8-9-21(12)3/h5-7,12,15,19H,4,8-11H2,1-3H3. The van der Waals surface area contributed by atoms with Gasteiger partial charge in [0.15, 0.2) is 0 Å². The van der Waals surface area contributed by atoms with Crippen LogP contribution in [0.3, 0.4) is 0 Å². The van der Waals surface area contributed by atoms with E-state index in [0.717, 1.165) is 38.2 Å². The Morgan fingerprint density at radius 1 is 1.38 bits per heavy atom. The number of rotatable bonds is 5. The zero-order valence-corrected chi connectivity index (χ0v) is 14.7. The summed E-state index contributed by atoms with van der Waals surface area (Å²) in [4.78, 5) is 4.74. The molecule has 2 rings (SSSR count). The summed E-state index contributed by atoms with van der Waals surface area (Å²) in [6.45, 7) is 6.11. The Hall–Kier alpha value is -0.490. The fraction of sp³-hybridized carbons (Fsp3) is 0.625. The van der Waals surface area contributed by atoms with Crippen molar-refractivity contribution in [2.24, 2.45) is 0 Å². The molecular weight excluding hydrogens is 333 g/mol. The van der Waals surface area contributed by atoms with Crippen molar-refractivity contribution in [2.45, 2.75) is 25.4 Å². The summed E-state index contributed by atoms with van der Waals surface area (Å²) in [7, 11) is 4.32. The van der Waals surface area contributed by atoms with Gasteiger partial charge in [0.25, 0.3) is 0 Å². The van der Waals surface area contributed by atoms with Crippen molar-refractivity contribution in [3.8, 4) is 0 Å². The third-order valence-electron chi connectivity index (χ3n) is 4.30. The fourth-order valence-electron chi connectivity index (χ4n) is 2.98. The highest BCUT2D eigenvalue weighted by Crippen LogP contribution is 2.28. The lowest BCUT2D eigenvalue weighted by molar-refractivity contribution is 0.101. The van der Waals surface area contributed by atoms with Gasteiger partial charge in [-0.05, 0) is 49.1 Å². The molecule has 2 atom stereocenters. The number of likely N-dealkylation sites (N-methyl/N-ethyl adjacent to an activating group) is 2. The summed E-state index contributed by atoms with van der Waals surface area (Å²) in [5, 5.41) is 3.44. The second kappa shape index (κ2) is 7.68. The van der Waals surface area contributed by atoms with Gasteiger partial charge in [-0.2, -0.15) is 0 Å². The molecule has 0 aliphatic carbocycles. The van der Waals surface area contributed by atoms with E-state index in [9.17, 15) is 4.39 Å². The van der Waals surface area contributed by atoms with E-state index in [1.807, 2.05) is 12.1 Å². The van der Waals surface area contributed by atoms with Gasteiger partial charge in [-0.15, -0.1) is 0 Å². The van der Waals surface area contributed by atoms with Crippen molar-refractivity contribution in [3.05, 3.63) is 34.1 Å². The number of benzene rings is 1. The largest absolute Gasteiger partial charge is 0.310 e. The van der Waals surface area contributed by atoms with Gasteiger partial charge < -0.3 is 15.1 Å². The molecule has 3 nitrogen and oxygen atoms in total. The zero-order valence-electron chi connectivity index (χ0n) is 13.1. The molecule has 1 heterocycles. The number of nitrogens with one attached hydrogen (secondary N) is 1. The highest BCUT2D eigenvalue weighted by Gasteiger charge is 2.27. The molecule has 2 unspecified atom stereocenters. The van der Waals surface area contributed by atoms with Crippen LogP contribution in [-0.4, -0.2) is 56.1 Å². The van der Waals surface area contributed by atoms with Crippen LogP contribution < -0.4 is 5.32 Å². The van der Waals surface area contributed by atoms with Crippen molar-refractivity contribution in [2.75, 3.05) is 40.3 Å². The van der Waals surface area contributed by atoms with Gasteiger partial charge in [0.2, 0.25) is 0 Å². The third-order valence-corrected chi connectivity index (χ3v) is 4.91. The van der Waals surface area contributed by atoms with Crippen LogP contribution in [0.2, 0.25) is 0 Å². The summed E-state index contributed by atoms with van der Waals surface area (Å²) in [5.41, 5.74) is 0.757. The van der Waals surface area contributed by atoms with Crippen LogP contribution in [0.5, 0.6) is 0 Å². The molecule has 118 valence electrons. The minimum absolute atomic E-state index is 0.0476. The number of nitrogens with zero attached hydrogens (tertiary/aromatic N) is 2. The molecule has 5 heteroatoms. The maximum atomic E-state index is 14.4. The number of hydrogen-bond acceptors (Lipinski definition) is 3. The van der Waals surface area contributed by atoms with Gasteiger partial charge in [-0.1, -0.05) is 19.1 Å². The molecule has 0 aromatic heterocycles. The third kappa shape index (κ3) is 4.25. The Kier molecular flexibility index (Phi) is 6.17. The van der Waals surface area contributed by atoms with E-state index in [0.29, 0.717) is 10.5 Å². The molecule has 1 aromatic rings. The Morgan fingerprint density at radius 2 is 2.14 bits per heavy atom. The van der Waals surface area contributed by atoms with Crippen LogP contribution in [0.25, 0.3) is 0 Å². The first-order valence-corrected chi connectivity index (χ1v) is 8.38. The van der Waals surface area contributed by atoms with Gasteiger partial charge in [0.1, 0.15) is 5.82 Å². The van der Waals surface area contributed by atoms with Gasteiger partial charge in [-0.3, -0.25) is 0 Å². The number of hydrogen-bond donors (Lipinski definition) is 1. The molecular formula is C16H25BrFN3. The van der Waals surface area contributed by atoms with E-state index < -0.39 is 0 Å². The van der Waals surface area contributed by atoms with Crippen molar-refractivity contribution in [1.29, 1.82) is 0 Å². The predicted molar refractivity (Wildman–Crippen MR) is 89.0 cm³/mol. The van der Waals surface area contributed by atoms with Gasteiger partial charge in [-0.25, -0.2) is 4.39 Å². The summed E-state index contributed by atoms with van der Waals surface area (Å²) >= 11 is 3.29. The summed E-state index contributed by atoms with van der Waals surface area (Å²) < 4.78 is 14.9. The van der Waals surface area contributed by atoms with E-state index >= 15 is 0 Å². The first-order chi connectivity index (χ1) is 10.0. The second-order valence-electron chi connectivity index (χ2n) is 5.89. The molecule has 0 spiro atoms. The molecule has 1 N–H and O–H groups in total. The lowest BCUT2D eigenvalue weighted by atomic mass is 9.96. The van der Waals surface area contributed by atoms with Gasteiger partial charge >= 0.3 is 0 Å². The summed E-state index contributed by atoms with van der Waals surface area (Å²) in [6, 6.07) is 6.05. The van der Waals surface area contributed by atoms with Crippen LogP contribution in [0.1, 0.15) is 24.9 Å². The van der Waals surface area contributed by atoms with Gasteiger partial charge in [0.05, 0.1) is 4.47 Å². The Labute approximate surface area is 135 Å². The van der Waals surface area contributed by atoms with Crippen LogP contribution in [0.4, 0.5) is 4.39 Å². The molecule has 0 radical (unpaired) electrons. The maximum absolute atomic E-state index is 14.4. The average molecular weight is 358 g/mol. The molecule has 21 heavy (non-hydrogen) atoms. The van der Waals surface area contributed by atoms with E-state index in [1.54, 1.807) is 6.07 Å². The molecule has 1 fully saturated rings. The van der Waals surface area contributed by atoms with Crippen LogP contribution in [-0.2, 0) is 0 Å². The first kappa shape index (κ1) is 16.9. The monoisotopic (exact) mass is 357 g/mol. The van der Waals surface area contributed by atoms with E-state index in [1.165, 1.54) is 0 Å². The number of piperazine rings is 1. The van der Waals surface area contributed by atoms with E-state index in [2.05, 4.69) is 52.1 Å². The maximum Gasteiger partial charge on any atom is 0.142 e. The SMILES string of the molecule is CCNC(CC1CN(C)CCN1C)c1cccc(Br)c1F. The topological polar surface area (TPSA) is 18.5 Å². The van der Waals surface area contributed by atoms with Crippen molar-refractivity contribution in [1.82, 2.24) is 15.1 Å². The van der Waals surface area contributed by atoms with E-state index in [4.69, 9.17) is 0 Å². The summed E-state index contributed by atoms with van der Waals surface area (Å²) in [5.74, 6) is -0.143. The predicted octanol–water partition coefficient (Wildman–Crippen LogP) is 2.87. The highest BCUT2D eigenvalue weighted by atomic mass is 79.9. The molecule has 1 aromatic carbocycles. The molecule has 1 saturated heterocycles. The minimum atomic E-state index is -0.143. The zero-order chi connectivity index (χ0) is 15.4. The summed E-state index contributed by atoms with van der Waals surface area (Å²) in [6.07, 6.45) is 0.919. The lowest BCUT2D eigenvalue weighted by Crippen LogP contribution is -2.51. The smallest absolute Gasteiger partial charge is 0.142 e. The molecule has 0 saturated carbocycles. The first-order valence-electron chi connectivity index (χ1n) is 7.59. The van der Waals surface area contributed by atoms with Crippen LogP contribution in [0, 0.1) is 5.82 Å². The second-order valence-corrected chi connectivity index (χ2v) is 6.74. The van der Waals surface area contributed by atoms with E-state index in [-0.39, 0.29) is 11.9 Å². The van der Waals surface area contributed by atoms with Crippen molar-refractivity contribution in [3.63, 3.8) is 0 Å². The highest BCUT2D eigenvalue weighted by molar-refractivity contribution is 9.10. The normalized spacial score (nSPS) is 22.4. The Bertz CT molecular complexity index is 469. The number of halogens is 2. The lowest BCUT2D eigenvalue weighted by Gasteiger charge is -2.39. The average Bonchev–Trinajstić information content (AvgIpc) is 2.45. The Balaban J connectivity index is 2.16. The minimum Gasteiger partial charge on any atom is -0.310 e. The Morgan fingerprint density at radius 3 is 2.86 bits per heavy atom. The van der Waals surface area contributed by atoms with Crippen molar-refractivity contribution >= 4 is 15.9 Å². The fourth-order valence-corrected chi connectivity index (χ4v) is 3.37. The quantitative estimate of drug-likeness (QED) is 0.873. The molecule has 1 aliphatic rings. The molecule has 0 bridgehead atoms. The van der Waals surface area contributed by atoms with Crippen LogP contribution >= 0.6 is 15.9 Å².